The van der Waals surface area contributed by atoms with Crippen molar-refractivity contribution in [1.82, 2.24) is 14.5 Å². The first-order chi connectivity index (χ1) is 20.7. The molecule has 0 spiro atoms. The molecular formula is C36H21F2N3S. The number of imidazole rings is 1. The second-order valence-corrected chi connectivity index (χ2v) is 11.2. The third kappa shape index (κ3) is 3.91. The lowest BCUT2D eigenvalue weighted by Crippen LogP contribution is -2.03. The van der Waals surface area contributed by atoms with Gasteiger partial charge in [-0.1, -0.05) is 91.0 Å². The highest BCUT2D eigenvalue weighted by molar-refractivity contribution is 7.26. The van der Waals surface area contributed by atoms with Crippen molar-refractivity contribution in [3.05, 3.63) is 139 Å². The quantitative estimate of drug-likeness (QED) is 0.199. The molecule has 0 atom stereocenters. The summed E-state index contributed by atoms with van der Waals surface area (Å²) in [6.45, 7) is 0. The molecule has 200 valence electrons. The summed E-state index contributed by atoms with van der Waals surface area (Å²) in [7, 11) is 0. The molecule has 3 nitrogen and oxygen atoms in total. The number of pyridine rings is 1. The van der Waals surface area contributed by atoms with Crippen LogP contribution in [0.3, 0.4) is 0 Å². The van der Waals surface area contributed by atoms with Crippen LogP contribution in [0.1, 0.15) is 0 Å². The minimum atomic E-state index is -0.511. The van der Waals surface area contributed by atoms with E-state index in [-0.39, 0.29) is 5.82 Å². The number of rotatable bonds is 4. The largest absolute Gasteiger partial charge is 0.291 e. The molecule has 42 heavy (non-hydrogen) atoms. The smallest absolute Gasteiger partial charge is 0.214 e. The van der Waals surface area contributed by atoms with Gasteiger partial charge in [0.1, 0.15) is 11.6 Å². The summed E-state index contributed by atoms with van der Waals surface area (Å²) in [4.78, 5) is 8.98. The maximum absolute atomic E-state index is 14.6. The topological polar surface area (TPSA) is 30.7 Å². The molecule has 0 bridgehead atoms. The normalized spacial score (nSPS) is 11.6. The highest BCUT2D eigenvalue weighted by Gasteiger charge is 2.23. The van der Waals surface area contributed by atoms with Crippen LogP contribution in [-0.4, -0.2) is 14.5 Å². The van der Waals surface area contributed by atoms with E-state index in [4.69, 9.17) is 4.98 Å². The Hall–Kier alpha value is -5.20. The third-order valence-electron chi connectivity index (χ3n) is 7.64. The number of fused-ring (bicyclic) bond motifs is 4. The fourth-order valence-electron chi connectivity index (χ4n) is 5.79. The van der Waals surface area contributed by atoms with Gasteiger partial charge in [0, 0.05) is 55.2 Å². The minimum Gasteiger partial charge on any atom is -0.291 e. The molecule has 3 aromatic heterocycles. The van der Waals surface area contributed by atoms with Crippen molar-refractivity contribution in [1.29, 1.82) is 0 Å². The average molecular weight is 566 g/mol. The van der Waals surface area contributed by atoms with Gasteiger partial charge < -0.3 is 0 Å². The monoisotopic (exact) mass is 565 g/mol. The Bertz CT molecular complexity index is 2210. The van der Waals surface area contributed by atoms with Crippen LogP contribution in [0.4, 0.5) is 8.78 Å². The Morgan fingerprint density at radius 2 is 1.29 bits per heavy atom. The molecular weight excluding hydrogens is 544 g/mol. The number of hydrogen-bond acceptors (Lipinski definition) is 3. The molecule has 0 aliphatic carbocycles. The molecule has 0 amide bonds. The van der Waals surface area contributed by atoms with Gasteiger partial charge in [0.15, 0.2) is 0 Å². The predicted octanol–water partition coefficient (Wildman–Crippen LogP) is 10.1. The number of thiophene rings is 1. The van der Waals surface area contributed by atoms with Gasteiger partial charge in [-0.05, 0) is 29.3 Å². The molecule has 8 rings (SSSR count). The van der Waals surface area contributed by atoms with Crippen molar-refractivity contribution in [3.63, 3.8) is 0 Å². The standard InChI is InChI=1S/C36H21F2N3S/c37-24-17-18-31-30(19-24)40-36(28-16-8-15-27-29-21-39-33(38)20-32(29)42-35(27)28)41(31)34-25(22-9-3-1-4-10-22)13-7-14-26(34)23-11-5-2-6-12-23/h1-21H. The van der Waals surface area contributed by atoms with Gasteiger partial charge in [-0.3, -0.25) is 4.57 Å². The molecule has 0 aliphatic rings. The van der Waals surface area contributed by atoms with Crippen molar-refractivity contribution in [2.75, 3.05) is 0 Å². The van der Waals surface area contributed by atoms with Crippen LogP contribution >= 0.6 is 11.3 Å². The van der Waals surface area contributed by atoms with Crippen molar-refractivity contribution < 1.29 is 8.78 Å². The van der Waals surface area contributed by atoms with Crippen molar-refractivity contribution in [3.8, 4) is 39.3 Å². The Morgan fingerprint density at radius 1 is 0.619 bits per heavy atom. The summed E-state index contributed by atoms with van der Waals surface area (Å²) in [5.74, 6) is -0.177. The summed E-state index contributed by atoms with van der Waals surface area (Å²) in [6.07, 6.45) is 1.59. The molecule has 3 heterocycles. The number of aromatic nitrogens is 3. The van der Waals surface area contributed by atoms with E-state index >= 15 is 0 Å². The number of hydrogen-bond donors (Lipinski definition) is 0. The van der Waals surface area contributed by atoms with Gasteiger partial charge in [0.05, 0.1) is 16.7 Å². The molecule has 0 radical (unpaired) electrons. The molecule has 5 aromatic carbocycles. The van der Waals surface area contributed by atoms with Gasteiger partial charge in [0.2, 0.25) is 5.95 Å². The zero-order valence-corrected chi connectivity index (χ0v) is 22.9. The second kappa shape index (κ2) is 9.72. The van der Waals surface area contributed by atoms with Crippen molar-refractivity contribution in [2.24, 2.45) is 0 Å². The van der Waals surface area contributed by atoms with E-state index in [9.17, 15) is 8.78 Å². The minimum absolute atomic E-state index is 0.347. The van der Waals surface area contributed by atoms with E-state index < -0.39 is 5.95 Å². The summed E-state index contributed by atoms with van der Waals surface area (Å²) in [5, 5.41) is 1.87. The van der Waals surface area contributed by atoms with Gasteiger partial charge in [-0.15, -0.1) is 11.3 Å². The van der Waals surface area contributed by atoms with Crippen LogP contribution in [0.15, 0.2) is 128 Å². The van der Waals surface area contributed by atoms with Crippen LogP contribution < -0.4 is 0 Å². The number of benzene rings is 5. The van der Waals surface area contributed by atoms with Crippen molar-refractivity contribution in [2.45, 2.75) is 0 Å². The fourth-order valence-corrected chi connectivity index (χ4v) is 7.00. The van der Waals surface area contributed by atoms with E-state index in [1.54, 1.807) is 12.3 Å². The maximum Gasteiger partial charge on any atom is 0.214 e. The molecule has 0 saturated heterocycles. The zero-order chi connectivity index (χ0) is 28.2. The van der Waals surface area contributed by atoms with Crippen LogP contribution in [0.2, 0.25) is 0 Å². The van der Waals surface area contributed by atoms with Crippen LogP contribution in [-0.2, 0) is 0 Å². The van der Waals surface area contributed by atoms with E-state index in [2.05, 4.69) is 52.0 Å². The maximum atomic E-state index is 14.6. The van der Waals surface area contributed by atoms with E-state index in [0.717, 1.165) is 59.2 Å². The molecule has 0 unspecified atom stereocenters. The first-order valence-electron chi connectivity index (χ1n) is 13.5. The highest BCUT2D eigenvalue weighted by Crippen LogP contribution is 2.44. The Morgan fingerprint density at radius 3 is 2.00 bits per heavy atom. The van der Waals surface area contributed by atoms with Gasteiger partial charge in [-0.25, -0.2) is 14.4 Å². The van der Waals surface area contributed by atoms with E-state index in [0.29, 0.717) is 11.3 Å². The van der Waals surface area contributed by atoms with Gasteiger partial charge in [0.25, 0.3) is 0 Å². The molecule has 0 saturated carbocycles. The Kier molecular flexibility index (Phi) is 5.69. The first kappa shape index (κ1) is 24.6. The second-order valence-electron chi connectivity index (χ2n) is 10.1. The highest BCUT2D eigenvalue weighted by atomic mass is 32.1. The van der Waals surface area contributed by atoms with Crippen LogP contribution in [0.5, 0.6) is 0 Å². The molecule has 0 aliphatic heterocycles. The van der Waals surface area contributed by atoms with Crippen molar-refractivity contribution >= 4 is 42.5 Å². The fraction of sp³-hybridized carbons (Fsp3) is 0. The first-order valence-corrected chi connectivity index (χ1v) is 14.4. The van der Waals surface area contributed by atoms with Gasteiger partial charge in [-0.2, -0.15) is 4.39 Å². The molecule has 8 aromatic rings. The predicted molar refractivity (Wildman–Crippen MR) is 168 cm³/mol. The van der Waals surface area contributed by atoms with E-state index in [1.807, 2.05) is 54.6 Å². The third-order valence-corrected chi connectivity index (χ3v) is 8.84. The average Bonchev–Trinajstić information content (AvgIpc) is 3.59. The molecule has 0 N–H and O–H groups in total. The summed E-state index contributed by atoms with van der Waals surface area (Å²) in [5.41, 5.74) is 7.34. The number of halogens is 2. The Balaban J connectivity index is 1.53. The van der Waals surface area contributed by atoms with Gasteiger partial charge >= 0.3 is 0 Å². The van der Waals surface area contributed by atoms with Crippen LogP contribution in [0, 0.1) is 11.8 Å². The SMILES string of the molecule is Fc1ccc2c(c1)nc(-c1cccc3c1sc1cc(F)ncc13)n2-c1c(-c2ccccc2)cccc1-c1ccccc1. The summed E-state index contributed by atoms with van der Waals surface area (Å²) >= 11 is 1.51. The lowest BCUT2D eigenvalue weighted by Gasteiger charge is -2.20. The Labute approximate surface area is 244 Å². The number of para-hydroxylation sites is 1. The molecule has 6 heteroatoms. The lowest BCUT2D eigenvalue weighted by molar-refractivity contribution is 0.586. The lowest BCUT2D eigenvalue weighted by atomic mass is 9.95. The van der Waals surface area contributed by atoms with E-state index in [1.165, 1.54) is 29.5 Å². The zero-order valence-electron chi connectivity index (χ0n) is 22.1. The van der Waals surface area contributed by atoms with Crippen LogP contribution in [0.25, 0.3) is 70.5 Å². The molecule has 0 fully saturated rings. The summed E-state index contributed by atoms with van der Waals surface area (Å²) < 4.78 is 32.6. The number of nitrogens with zero attached hydrogens (tertiary/aromatic N) is 3. The summed E-state index contributed by atoms with van der Waals surface area (Å²) in [6, 6.07) is 39.1.